The molecule has 0 saturated carbocycles. The fraction of sp³-hybridized carbons (Fsp3) is 1.00. The van der Waals surface area contributed by atoms with Crippen LogP contribution in [-0.2, 0) is 0 Å². The van der Waals surface area contributed by atoms with Crippen molar-refractivity contribution in [2.45, 2.75) is 47.0 Å². The van der Waals surface area contributed by atoms with Crippen molar-refractivity contribution in [1.82, 2.24) is 5.32 Å². The highest BCUT2D eigenvalue weighted by Crippen LogP contribution is 2.19. The standard InChI is InChI=1S/C10H23N/c1-5-8-11-9-6-7-10(2,3)4/h11H,5-9H2,1-4H3. The van der Waals surface area contributed by atoms with E-state index in [9.17, 15) is 0 Å². The Morgan fingerprint density at radius 1 is 1.09 bits per heavy atom. The Morgan fingerprint density at radius 2 is 1.73 bits per heavy atom. The second-order valence-corrected chi connectivity index (χ2v) is 4.41. The molecule has 0 rings (SSSR count). The van der Waals surface area contributed by atoms with Gasteiger partial charge in [-0.15, -0.1) is 0 Å². The fourth-order valence-corrected chi connectivity index (χ4v) is 1.05. The largest absolute Gasteiger partial charge is 0.317 e. The van der Waals surface area contributed by atoms with Gasteiger partial charge in [-0.3, -0.25) is 0 Å². The minimum Gasteiger partial charge on any atom is -0.317 e. The van der Waals surface area contributed by atoms with Crippen LogP contribution >= 0.6 is 0 Å². The molecule has 0 amide bonds. The van der Waals surface area contributed by atoms with Crippen molar-refractivity contribution >= 4 is 0 Å². The summed E-state index contributed by atoms with van der Waals surface area (Å²) in [4.78, 5) is 0. The van der Waals surface area contributed by atoms with Gasteiger partial charge in [-0.1, -0.05) is 27.7 Å². The molecule has 0 radical (unpaired) electrons. The first-order valence-electron chi connectivity index (χ1n) is 4.77. The Bertz CT molecular complexity index is 81.4. The quantitative estimate of drug-likeness (QED) is 0.605. The first-order valence-corrected chi connectivity index (χ1v) is 4.77. The van der Waals surface area contributed by atoms with Crippen molar-refractivity contribution in [2.24, 2.45) is 5.41 Å². The minimum absolute atomic E-state index is 0.508. The molecule has 0 unspecified atom stereocenters. The molecular formula is C10H23N. The van der Waals surface area contributed by atoms with E-state index in [4.69, 9.17) is 0 Å². The van der Waals surface area contributed by atoms with E-state index in [1.54, 1.807) is 0 Å². The molecule has 0 aromatic carbocycles. The van der Waals surface area contributed by atoms with Crippen molar-refractivity contribution in [3.63, 3.8) is 0 Å². The van der Waals surface area contributed by atoms with Gasteiger partial charge in [0.1, 0.15) is 0 Å². The van der Waals surface area contributed by atoms with Crippen LogP contribution in [0.25, 0.3) is 0 Å². The van der Waals surface area contributed by atoms with Gasteiger partial charge in [0.2, 0.25) is 0 Å². The summed E-state index contributed by atoms with van der Waals surface area (Å²) in [7, 11) is 0. The average Bonchev–Trinajstić information content (AvgIpc) is 1.85. The third kappa shape index (κ3) is 9.96. The summed E-state index contributed by atoms with van der Waals surface area (Å²) in [6, 6.07) is 0. The molecule has 0 aromatic rings. The van der Waals surface area contributed by atoms with E-state index >= 15 is 0 Å². The monoisotopic (exact) mass is 157 g/mol. The highest BCUT2D eigenvalue weighted by atomic mass is 14.8. The topological polar surface area (TPSA) is 12.0 Å². The van der Waals surface area contributed by atoms with E-state index in [0.29, 0.717) is 5.41 Å². The summed E-state index contributed by atoms with van der Waals surface area (Å²) in [5.74, 6) is 0. The number of nitrogens with one attached hydrogen (secondary N) is 1. The molecule has 0 atom stereocenters. The van der Waals surface area contributed by atoms with Gasteiger partial charge in [0.05, 0.1) is 0 Å². The predicted octanol–water partition coefficient (Wildman–Crippen LogP) is 2.81. The molecule has 0 spiro atoms. The highest BCUT2D eigenvalue weighted by molar-refractivity contribution is 4.61. The Kier molecular flexibility index (Phi) is 5.57. The summed E-state index contributed by atoms with van der Waals surface area (Å²) >= 11 is 0. The van der Waals surface area contributed by atoms with Crippen LogP contribution in [-0.4, -0.2) is 13.1 Å². The fourth-order valence-electron chi connectivity index (χ4n) is 1.05. The highest BCUT2D eigenvalue weighted by Gasteiger charge is 2.08. The van der Waals surface area contributed by atoms with Crippen LogP contribution < -0.4 is 5.32 Å². The lowest BCUT2D eigenvalue weighted by atomic mass is 9.91. The van der Waals surface area contributed by atoms with Crippen LogP contribution in [0.2, 0.25) is 0 Å². The Hall–Kier alpha value is -0.0400. The molecule has 0 aromatic heterocycles. The molecule has 1 N–H and O–H groups in total. The average molecular weight is 157 g/mol. The van der Waals surface area contributed by atoms with E-state index in [2.05, 4.69) is 33.0 Å². The first-order chi connectivity index (χ1) is 5.06. The molecule has 0 aliphatic rings. The molecule has 1 heteroatoms. The lowest BCUT2D eigenvalue weighted by Crippen LogP contribution is -2.17. The third-order valence-corrected chi connectivity index (χ3v) is 1.71. The van der Waals surface area contributed by atoms with Crippen LogP contribution in [0.4, 0.5) is 0 Å². The molecular weight excluding hydrogens is 134 g/mol. The zero-order valence-electron chi connectivity index (χ0n) is 8.54. The van der Waals surface area contributed by atoms with E-state index < -0.39 is 0 Å². The number of hydrogen-bond acceptors (Lipinski definition) is 1. The molecule has 0 bridgehead atoms. The zero-order valence-corrected chi connectivity index (χ0v) is 8.54. The van der Waals surface area contributed by atoms with Gasteiger partial charge in [0, 0.05) is 0 Å². The van der Waals surface area contributed by atoms with E-state index in [1.165, 1.54) is 32.4 Å². The Balaban J connectivity index is 3.02. The molecule has 0 aliphatic carbocycles. The maximum atomic E-state index is 3.41. The summed E-state index contributed by atoms with van der Waals surface area (Å²) in [5, 5.41) is 3.41. The summed E-state index contributed by atoms with van der Waals surface area (Å²) in [6.07, 6.45) is 3.88. The van der Waals surface area contributed by atoms with Crippen LogP contribution in [0.3, 0.4) is 0 Å². The smallest absolute Gasteiger partial charge is 0.00487 e. The van der Waals surface area contributed by atoms with Crippen LogP contribution in [0.5, 0.6) is 0 Å². The van der Waals surface area contributed by atoms with Gasteiger partial charge in [0.15, 0.2) is 0 Å². The second kappa shape index (κ2) is 5.59. The predicted molar refractivity (Wildman–Crippen MR) is 51.8 cm³/mol. The van der Waals surface area contributed by atoms with Crippen molar-refractivity contribution in [3.05, 3.63) is 0 Å². The van der Waals surface area contributed by atoms with Gasteiger partial charge < -0.3 is 5.32 Å². The maximum Gasteiger partial charge on any atom is -0.00487 e. The normalized spacial score (nSPS) is 12.0. The molecule has 0 aliphatic heterocycles. The van der Waals surface area contributed by atoms with Gasteiger partial charge in [-0.05, 0) is 37.8 Å². The third-order valence-electron chi connectivity index (χ3n) is 1.71. The van der Waals surface area contributed by atoms with Gasteiger partial charge in [-0.25, -0.2) is 0 Å². The van der Waals surface area contributed by atoms with Gasteiger partial charge >= 0.3 is 0 Å². The molecule has 0 fully saturated rings. The lowest BCUT2D eigenvalue weighted by Gasteiger charge is -2.17. The summed E-state index contributed by atoms with van der Waals surface area (Å²) < 4.78 is 0. The molecule has 0 saturated heterocycles. The molecule has 1 nitrogen and oxygen atoms in total. The van der Waals surface area contributed by atoms with E-state index in [1.807, 2.05) is 0 Å². The van der Waals surface area contributed by atoms with Gasteiger partial charge in [0.25, 0.3) is 0 Å². The Labute approximate surface area is 71.6 Å². The zero-order chi connectivity index (χ0) is 8.74. The van der Waals surface area contributed by atoms with Crippen molar-refractivity contribution < 1.29 is 0 Å². The first kappa shape index (κ1) is 11.0. The molecule has 0 heterocycles. The SMILES string of the molecule is CCCNCCCC(C)(C)C. The molecule has 11 heavy (non-hydrogen) atoms. The van der Waals surface area contributed by atoms with Crippen molar-refractivity contribution in [1.29, 1.82) is 0 Å². The minimum atomic E-state index is 0.508. The second-order valence-electron chi connectivity index (χ2n) is 4.41. The summed E-state index contributed by atoms with van der Waals surface area (Å²) in [5.41, 5.74) is 0.508. The maximum absolute atomic E-state index is 3.41. The number of rotatable bonds is 5. The Morgan fingerprint density at radius 3 is 2.18 bits per heavy atom. The summed E-state index contributed by atoms with van der Waals surface area (Å²) in [6.45, 7) is 11.5. The van der Waals surface area contributed by atoms with E-state index in [0.717, 1.165) is 0 Å². The van der Waals surface area contributed by atoms with Crippen molar-refractivity contribution in [2.75, 3.05) is 13.1 Å². The van der Waals surface area contributed by atoms with Gasteiger partial charge in [-0.2, -0.15) is 0 Å². The number of hydrogen-bond donors (Lipinski definition) is 1. The van der Waals surface area contributed by atoms with Crippen LogP contribution in [0.15, 0.2) is 0 Å². The van der Waals surface area contributed by atoms with Crippen LogP contribution in [0.1, 0.15) is 47.0 Å². The lowest BCUT2D eigenvalue weighted by molar-refractivity contribution is 0.361. The van der Waals surface area contributed by atoms with Crippen LogP contribution in [0, 0.1) is 5.41 Å². The van der Waals surface area contributed by atoms with E-state index in [-0.39, 0.29) is 0 Å². The van der Waals surface area contributed by atoms with Crippen molar-refractivity contribution in [3.8, 4) is 0 Å². The molecule has 68 valence electrons.